The normalized spacial score (nSPS) is 6.67. The molecule has 9 nitrogen and oxygen atoms in total. The Labute approximate surface area is 163 Å². The van der Waals surface area contributed by atoms with Crippen LogP contribution in [0, 0.1) is 0 Å². The van der Waals surface area contributed by atoms with Gasteiger partial charge < -0.3 is 29.8 Å². The zero-order valence-corrected chi connectivity index (χ0v) is 18.9. The van der Waals surface area contributed by atoms with E-state index in [9.17, 15) is 28.8 Å². The third-order valence-corrected chi connectivity index (χ3v) is 0.992. The number of hydrogen-bond acceptors (Lipinski definition) is 7. The molecule has 0 aromatic rings. The first-order valence-electron chi connectivity index (χ1n) is 7.84. The maximum atomic E-state index is 9.70. The Bertz CT molecular complexity index is 346. The molecule has 0 atom stereocenters. The second-order valence-electron chi connectivity index (χ2n) is 5.03. The molecular weight excluding hydrogens is 356 g/mol. The number of methoxy groups -OCH3 is 1. The third kappa shape index (κ3) is 919. The minimum atomic E-state index is -0.245. The van der Waals surface area contributed by atoms with Gasteiger partial charge in [-0.05, 0) is 41.5 Å². The number of carbonyl (C=O) groups excluding carboxylic acids is 6. The number of ether oxygens (including phenoxy) is 1. The highest BCUT2D eigenvalue weighted by molar-refractivity contribution is 5.73. The largest absolute Gasteiger partial charge is 0.469 e. The van der Waals surface area contributed by atoms with E-state index in [1.807, 2.05) is 0 Å². The molecule has 162 valence electrons. The number of amides is 2. The highest BCUT2D eigenvalue weighted by atomic mass is 16.5. The van der Waals surface area contributed by atoms with Gasteiger partial charge in [0.1, 0.15) is 17.3 Å². The van der Waals surface area contributed by atoms with Crippen molar-refractivity contribution in [2.45, 2.75) is 62.3 Å². The van der Waals surface area contributed by atoms with Gasteiger partial charge in [0, 0.05) is 34.9 Å². The van der Waals surface area contributed by atoms with Crippen LogP contribution in [0.2, 0.25) is 0 Å². The van der Waals surface area contributed by atoms with Crippen LogP contribution in [-0.4, -0.2) is 56.3 Å². The predicted molar refractivity (Wildman–Crippen MR) is 106 cm³/mol. The molecule has 0 fully saturated rings. The van der Waals surface area contributed by atoms with Gasteiger partial charge in [0.15, 0.2) is 0 Å². The smallest absolute Gasteiger partial charge is 0.302 e. The lowest BCUT2D eigenvalue weighted by molar-refractivity contribution is -0.138. The van der Waals surface area contributed by atoms with Gasteiger partial charge in [-0.3, -0.25) is 14.4 Å². The standard InChI is InChI=1S/2C3H7NO.C3H6O2.3C3H6O/c2*1-3(5)4-2;1-3(4)5-2;3*1-3(2)4/h2*1-2H3,(H,4,5);1-2H3;3*1-2H3. The summed E-state index contributed by atoms with van der Waals surface area (Å²) in [4.78, 5) is 57.3. The van der Waals surface area contributed by atoms with Gasteiger partial charge in [-0.25, -0.2) is 0 Å². The molecule has 0 aliphatic rings. The zero-order chi connectivity index (χ0) is 23.6. The van der Waals surface area contributed by atoms with Gasteiger partial charge in [-0.15, -0.1) is 0 Å². The van der Waals surface area contributed by atoms with Crippen LogP contribution in [0.3, 0.4) is 0 Å². The van der Waals surface area contributed by atoms with Crippen LogP contribution in [0.4, 0.5) is 0 Å². The molecule has 0 unspecified atom stereocenters. The van der Waals surface area contributed by atoms with Crippen LogP contribution in [0.15, 0.2) is 0 Å². The number of rotatable bonds is 0. The molecule has 0 heterocycles. The van der Waals surface area contributed by atoms with Crippen molar-refractivity contribution in [2.75, 3.05) is 21.2 Å². The lowest BCUT2D eigenvalue weighted by Gasteiger charge is -1.80. The molecule has 0 saturated carbocycles. The van der Waals surface area contributed by atoms with Gasteiger partial charge in [0.2, 0.25) is 11.8 Å². The highest BCUT2D eigenvalue weighted by Crippen LogP contribution is 1.60. The van der Waals surface area contributed by atoms with E-state index in [1.54, 1.807) is 14.1 Å². The summed E-state index contributed by atoms with van der Waals surface area (Å²) in [5.74, 6) is 0.264. The highest BCUT2D eigenvalue weighted by Gasteiger charge is 1.75. The topological polar surface area (TPSA) is 136 Å². The van der Waals surface area contributed by atoms with Crippen LogP contribution in [0.25, 0.3) is 0 Å². The van der Waals surface area contributed by atoms with E-state index < -0.39 is 0 Å². The van der Waals surface area contributed by atoms with Crippen molar-refractivity contribution in [3.05, 3.63) is 0 Å². The van der Waals surface area contributed by atoms with Gasteiger partial charge >= 0.3 is 5.97 Å². The molecule has 0 aliphatic carbocycles. The first-order chi connectivity index (χ1) is 12.0. The molecular formula is C18H38N2O7. The van der Waals surface area contributed by atoms with E-state index in [2.05, 4.69) is 15.4 Å². The molecule has 0 bridgehead atoms. The summed E-state index contributed by atoms with van der Waals surface area (Å²) in [7, 11) is 4.55. The van der Waals surface area contributed by atoms with E-state index in [0.29, 0.717) is 0 Å². The number of hydrogen-bond donors (Lipinski definition) is 2. The van der Waals surface area contributed by atoms with Gasteiger partial charge in [-0.1, -0.05) is 0 Å². The first-order valence-corrected chi connectivity index (χ1v) is 7.84. The summed E-state index contributed by atoms with van der Waals surface area (Å²) in [6.45, 7) is 13.5. The van der Waals surface area contributed by atoms with E-state index in [0.717, 1.165) is 0 Å². The molecule has 27 heavy (non-hydrogen) atoms. The summed E-state index contributed by atoms with van der Waals surface area (Å²) in [6, 6.07) is 0. The average Bonchev–Trinajstić information content (AvgIpc) is 2.46. The number of ketones is 3. The lowest BCUT2D eigenvalue weighted by Crippen LogP contribution is -2.11. The predicted octanol–water partition coefficient (Wildman–Crippen LogP) is 1.47. The molecule has 0 radical (unpaired) electrons. The van der Waals surface area contributed by atoms with Crippen molar-refractivity contribution in [3.63, 3.8) is 0 Å². The Balaban J connectivity index is -0.0000000492. The van der Waals surface area contributed by atoms with Crippen molar-refractivity contribution in [2.24, 2.45) is 0 Å². The SMILES string of the molecule is CC(C)=O.CC(C)=O.CC(C)=O.CNC(C)=O.CNC(C)=O.COC(C)=O. The Morgan fingerprint density at radius 2 is 0.593 bits per heavy atom. The number of nitrogens with one attached hydrogen (secondary N) is 2. The molecule has 0 aromatic heterocycles. The monoisotopic (exact) mass is 394 g/mol. The fourth-order valence-corrected chi connectivity index (χ4v) is 0. The summed E-state index contributed by atoms with van der Waals surface area (Å²) in [5, 5.41) is 4.78. The summed E-state index contributed by atoms with van der Waals surface area (Å²) in [5.41, 5.74) is 0. The van der Waals surface area contributed by atoms with E-state index in [1.165, 1.54) is 69.4 Å². The molecule has 2 N–H and O–H groups in total. The third-order valence-electron chi connectivity index (χ3n) is 0.992. The van der Waals surface area contributed by atoms with Crippen molar-refractivity contribution >= 4 is 35.1 Å². The van der Waals surface area contributed by atoms with Crippen LogP contribution in [-0.2, 0) is 33.5 Å². The molecule has 0 aliphatic heterocycles. The minimum absolute atomic E-state index is 0.00463. The minimum Gasteiger partial charge on any atom is -0.469 e. The Morgan fingerprint density at radius 3 is 0.593 bits per heavy atom. The maximum Gasteiger partial charge on any atom is 0.302 e. The Hall–Kier alpha value is -2.58. The molecule has 0 saturated heterocycles. The first kappa shape index (κ1) is 39.5. The second-order valence-corrected chi connectivity index (χ2v) is 5.03. The number of carbonyl (C=O) groups is 6. The summed E-state index contributed by atoms with van der Waals surface area (Å²) < 4.78 is 4.11. The zero-order valence-electron chi connectivity index (χ0n) is 18.9. The van der Waals surface area contributed by atoms with Crippen LogP contribution < -0.4 is 10.6 Å². The van der Waals surface area contributed by atoms with E-state index in [-0.39, 0.29) is 35.1 Å². The molecule has 9 heteroatoms. The van der Waals surface area contributed by atoms with Crippen molar-refractivity contribution in [1.82, 2.24) is 10.6 Å². The fourth-order valence-electron chi connectivity index (χ4n) is 0. The fraction of sp³-hybridized carbons (Fsp3) is 0.667. The molecule has 2 amide bonds. The van der Waals surface area contributed by atoms with Crippen molar-refractivity contribution in [1.29, 1.82) is 0 Å². The maximum absolute atomic E-state index is 9.70. The molecule has 0 spiro atoms. The van der Waals surface area contributed by atoms with E-state index >= 15 is 0 Å². The van der Waals surface area contributed by atoms with Crippen molar-refractivity contribution in [3.8, 4) is 0 Å². The quantitative estimate of drug-likeness (QED) is 0.594. The lowest BCUT2D eigenvalue weighted by atomic mass is 10.6. The summed E-state index contributed by atoms with van der Waals surface area (Å²) >= 11 is 0. The number of Topliss-reactive ketones (excluding diaryl/α,β-unsaturated/α-hetero) is 3. The Morgan fingerprint density at radius 1 is 0.519 bits per heavy atom. The van der Waals surface area contributed by atoms with Crippen LogP contribution in [0.1, 0.15) is 62.3 Å². The van der Waals surface area contributed by atoms with Crippen LogP contribution >= 0.6 is 0 Å². The summed E-state index contributed by atoms with van der Waals surface area (Å²) in [6.07, 6.45) is 0. The van der Waals surface area contributed by atoms with Gasteiger partial charge in [0.25, 0.3) is 0 Å². The van der Waals surface area contributed by atoms with E-state index in [4.69, 9.17) is 0 Å². The molecule has 0 rings (SSSR count). The van der Waals surface area contributed by atoms with Crippen molar-refractivity contribution < 1.29 is 33.5 Å². The Kier molecular flexibility index (Phi) is 50.7. The van der Waals surface area contributed by atoms with Crippen LogP contribution in [0.5, 0.6) is 0 Å². The number of esters is 1. The second kappa shape index (κ2) is 34.7. The molecule has 0 aromatic carbocycles. The van der Waals surface area contributed by atoms with Gasteiger partial charge in [-0.2, -0.15) is 0 Å². The average molecular weight is 395 g/mol. The van der Waals surface area contributed by atoms with Gasteiger partial charge in [0.05, 0.1) is 7.11 Å².